The second-order valence-electron chi connectivity index (χ2n) is 3.68. The van der Waals surface area contributed by atoms with Gasteiger partial charge in [-0.1, -0.05) is 6.07 Å². The quantitative estimate of drug-likeness (QED) is 0.694. The number of benzene rings is 1. The minimum Gasteiger partial charge on any atom is -0.508 e. The number of carboxylic acid groups (broad SMARTS) is 1. The van der Waals surface area contributed by atoms with E-state index in [1.165, 1.54) is 19.1 Å². The van der Waals surface area contributed by atoms with Gasteiger partial charge in [-0.05, 0) is 18.6 Å². The highest BCUT2D eigenvalue weighted by Crippen LogP contribution is 2.19. The molecule has 82 valence electrons. The van der Waals surface area contributed by atoms with Crippen molar-refractivity contribution in [3.8, 4) is 5.75 Å². The Morgan fingerprint density at radius 2 is 2.20 bits per heavy atom. The molecule has 0 aliphatic heterocycles. The zero-order valence-corrected chi connectivity index (χ0v) is 8.20. The highest BCUT2D eigenvalue weighted by atomic mass is 18.2. The molecule has 0 bridgehead atoms. The summed E-state index contributed by atoms with van der Waals surface area (Å²) in [5.74, 6) is -2.06. The Labute approximate surface area is 86.1 Å². The molecule has 0 saturated heterocycles. The molecule has 0 aromatic heterocycles. The van der Waals surface area contributed by atoms with Crippen molar-refractivity contribution in [3.63, 3.8) is 0 Å². The predicted octanol–water partition coefficient (Wildman–Crippen LogP) is 0.876. The van der Waals surface area contributed by atoms with Crippen LogP contribution in [0.15, 0.2) is 18.2 Å². The van der Waals surface area contributed by atoms with E-state index in [4.69, 9.17) is 15.9 Å². The number of rotatable bonds is 3. The van der Waals surface area contributed by atoms with E-state index >= 15 is 0 Å². The van der Waals surface area contributed by atoms with Crippen LogP contribution in [0.25, 0.3) is 0 Å². The second-order valence-corrected chi connectivity index (χ2v) is 3.68. The first kappa shape index (κ1) is 11.5. The molecular weight excluding hydrogens is 200 g/mol. The second kappa shape index (κ2) is 3.86. The Hall–Kier alpha value is -1.62. The van der Waals surface area contributed by atoms with Gasteiger partial charge >= 0.3 is 5.97 Å². The van der Waals surface area contributed by atoms with Crippen LogP contribution in [0.2, 0.25) is 0 Å². The molecule has 0 aliphatic rings. The maximum Gasteiger partial charge on any atom is 0.323 e. The lowest BCUT2D eigenvalue weighted by Crippen LogP contribution is -2.47. The largest absolute Gasteiger partial charge is 0.508 e. The molecule has 0 spiro atoms. The highest BCUT2D eigenvalue weighted by molar-refractivity contribution is 5.78. The third-order valence-corrected chi connectivity index (χ3v) is 2.08. The molecule has 15 heavy (non-hydrogen) atoms. The van der Waals surface area contributed by atoms with Crippen molar-refractivity contribution in [2.45, 2.75) is 18.9 Å². The van der Waals surface area contributed by atoms with Crippen LogP contribution in [0, 0.1) is 5.82 Å². The summed E-state index contributed by atoms with van der Waals surface area (Å²) in [7, 11) is 0. The van der Waals surface area contributed by atoms with E-state index in [1.54, 1.807) is 0 Å². The third kappa shape index (κ3) is 2.66. The van der Waals surface area contributed by atoms with Crippen LogP contribution in [0.5, 0.6) is 5.75 Å². The van der Waals surface area contributed by atoms with Crippen LogP contribution in [0.3, 0.4) is 0 Å². The number of halogens is 1. The SMILES string of the molecule is C[C@@](N)(Cc1ccc(O)cc1[18F])C(=O)O. The van der Waals surface area contributed by atoms with Gasteiger partial charge in [-0.3, -0.25) is 4.79 Å². The number of carbonyl (C=O) groups is 1. The Morgan fingerprint density at radius 3 is 2.67 bits per heavy atom. The van der Waals surface area contributed by atoms with Crippen molar-refractivity contribution in [3.05, 3.63) is 29.6 Å². The Kier molecular flexibility index (Phi) is 2.95. The number of hydrogen-bond donors (Lipinski definition) is 3. The van der Waals surface area contributed by atoms with Crippen molar-refractivity contribution in [1.82, 2.24) is 0 Å². The minimum absolute atomic E-state index is 0.131. The van der Waals surface area contributed by atoms with E-state index in [2.05, 4.69) is 0 Å². The van der Waals surface area contributed by atoms with E-state index in [1.807, 2.05) is 0 Å². The van der Waals surface area contributed by atoms with Crippen LogP contribution < -0.4 is 5.73 Å². The van der Waals surface area contributed by atoms with E-state index in [-0.39, 0.29) is 17.7 Å². The molecule has 0 fully saturated rings. The summed E-state index contributed by atoms with van der Waals surface area (Å²) < 4.78 is 13.2. The van der Waals surface area contributed by atoms with Gasteiger partial charge in [-0.15, -0.1) is 0 Å². The molecule has 0 heterocycles. The van der Waals surface area contributed by atoms with Crippen LogP contribution in [-0.4, -0.2) is 21.7 Å². The van der Waals surface area contributed by atoms with Crippen molar-refractivity contribution >= 4 is 5.97 Å². The predicted molar refractivity (Wildman–Crippen MR) is 52.0 cm³/mol. The van der Waals surface area contributed by atoms with Gasteiger partial charge in [-0.25, -0.2) is 4.39 Å². The number of phenols is 1. The lowest BCUT2D eigenvalue weighted by molar-refractivity contribution is -0.142. The van der Waals surface area contributed by atoms with Crippen molar-refractivity contribution in [2.75, 3.05) is 0 Å². The molecule has 0 aliphatic carbocycles. The van der Waals surface area contributed by atoms with Crippen LogP contribution in [0.1, 0.15) is 12.5 Å². The zero-order valence-electron chi connectivity index (χ0n) is 8.20. The molecule has 5 heteroatoms. The first-order chi connectivity index (χ1) is 6.83. The molecule has 0 saturated carbocycles. The topological polar surface area (TPSA) is 83.5 Å². The summed E-state index contributed by atoms with van der Waals surface area (Å²) in [6.45, 7) is 1.31. The van der Waals surface area contributed by atoms with Crippen LogP contribution in [-0.2, 0) is 11.2 Å². The fraction of sp³-hybridized carbons (Fsp3) is 0.300. The Bertz CT molecular complexity index is 390. The van der Waals surface area contributed by atoms with Gasteiger partial charge in [0.2, 0.25) is 0 Å². The first-order valence-corrected chi connectivity index (χ1v) is 4.32. The molecule has 1 rings (SSSR count). The summed E-state index contributed by atoms with van der Waals surface area (Å²) in [4.78, 5) is 10.7. The smallest absolute Gasteiger partial charge is 0.323 e. The van der Waals surface area contributed by atoms with Gasteiger partial charge in [0.15, 0.2) is 0 Å². The number of phenolic OH excluding ortho intramolecular Hbond substituents is 1. The third-order valence-electron chi connectivity index (χ3n) is 2.08. The molecule has 0 amide bonds. The molecule has 1 atom stereocenters. The van der Waals surface area contributed by atoms with Gasteiger partial charge in [0.25, 0.3) is 0 Å². The fourth-order valence-corrected chi connectivity index (χ4v) is 1.15. The fourth-order valence-electron chi connectivity index (χ4n) is 1.15. The van der Waals surface area contributed by atoms with Crippen molar-refractivity contribution in [2.24, 2.45) is 5.73 Å². The lowest BCUT2D eigenvalue weighted by atomic mass is 9.94. The molecular formula is C10H12FNO3. The van der Waals surface area contributed by atoms with Gasteiger partial charge in [0, 0.05) is 12.5 Å². The summed E-state index contributed by atoms with van der Waals surface area (Å²) in [5.41, 5.74) is 4.12. The van der Waals surface area contributed by atoms with Gasteiger partial charge in [0.05, 0.1) is 0 Å². The first-order valence-electron chi connectivity index (χ1n) is 4.32. The monoisotopic (exact) mass is 212 g/mol. The van der Waals surface area contributed by atoms with Crippen molar-refractivity contribution in [1.29, 1.82) is 0 Å². The standard InChI is InChI=1S/C10H12FNO3/c1-10(12,9(14)15)5-6-2-3-7(13)4-8(6)11/h2-4,13H,5,12H2,1H3,(H,14,15)/t10-/m1/s1/i11-1. The number of hydrogen-bond acceptors (Lipinski definition) is 3. The molecule has 0 radical (unpaired) electrons. The molecule has 4 nitrogen and oxygen atoms in total. The highest BCUT2D eigenvalue weighted by Gasteiger charge is 2.29. The maximum absolute atomic E-state index is 13.2. The van der Waals surface area contributed by atoms with E-state index in [0.717, 1.165) is 6.07 Å². The minimum atomic E-state index is -1.52. The van der Waals surface area contributed by atoms with Crippen molar-refractivity contribution < 1.29 is 19.4 Å². The molecule has 1 aromatic rings. The summed E-state index contributed by atoms with van der Waals surface area (Å²) in [6, 6.07) is 3.53. The number of aliphatic carboxylic acids is 1. The Morgan fingerprint density at radius 1 is 1.60 bits per heavy atom. The number of aromatic hydroxyl groups is 1. The Balaban J connectivity index is 2.95. The average molecular weight is 212 g/mol. The average Bonchev–Trinajstić information content (AvgIpc) is 2.09. The molecule has 1 aromatic carbocycles. The normalized spacial score (nSPS) is 14.6. The zero-order chi connectivity index (χ0) is 11.6. The van der Waals surface area contributed by atoms with Crippen LogP contribution >= 0.6 is 0 Å². The number of nitrogens with two attached hydrogens (primary N) is 1. The van der Waals surface area contributed by atoms with E-state index in [0.29, 0.717) is 0 Å². The van der Waals surface area contributed by atoms with Gasteiger partial charge < -0.3 is 15.9 Å². The summed E-state index contributed by atoms with van der Waals surface area (Å²) >= 11 is 0. The molecule has 0 unspecified atom stereocenters. The van der Waals surface area contributed by atoms with Gasteiger partial charge in [-0.2, -0.15) is 0 Å². The van der Waals surface area contributed by atoms with E-state index in [9.17, 15) is 9.18 Å². The summed E-state index contributed by atoms with van der Waals surface area (Å²) in [5, 5.41) is 17.7. The molecule has 4 N–H and O–H groups in total. The van der Waals surface area contributed by atoms with Gasteiger partial charge in [0.1, 0.15) is 17.1 Å². The summed E-state index contributed by atoms with van der Waals surface area (Å²) in [6.07, 6.45) is -0.131. The van der Waals surface area contributed by atoms with E-state index < -0.39 is 17.3 Å². The lowest BCUT2D eigenvalue weighted by Gasteiger charge is -2.19. The van der Waals surface area contributed by atoms with Crippen LogP contribution in [0.4, 0.5) is 4.39 Å². The number of carboxylic acids is 1. The maximum atomic E-state index is 13.2.